The molecule has 0 heterocycles. The Kier molecular flexibility index (Phi) is 8.59. The lowest BCUT2D eigenvalue weighted by molar-refractivity contribution is -0.126. The summed E-state index contributed by atoms with van der Waals surface area (Å²) in [6.45, 7) is 0. The second-order valence-corrected chi connectivity index (χ2v) is 12.2. The fourth-order valence-electron chi connectivity index (χ4n) is 3.65. The molecule has 1 atom stereocenters. The number of hydrogen-bond acceptors (Lipinski definition) is 8. The van der Waals surface area contributed by atoms with E-state index in [4.69, 9.17) is 22.6 Å². The van der Waals surface area contributed by atoms with Crippen molar-refractivity contribution in [3.8, 4) is 11.1 Å². The molecule has 0 fully saturated rings. The van der Waals surface area contributed by atoms with Crippen LogP contribution in [0.4, 0.5) is 5.69 Å². The van der Waals surface area contributed by atoms with Gasteiger partial charge in [-0.1, -0.05) is 60.1 Å². The van der Waals surface area contributed by atoms with Gasteiger partial charge in [-0.15, -0.1) is 0 Å². The Morgan fingerprint density at radius 3 is 2.41 bits per heavy atom. The molecular formula is C24H26ClN5O5S2. The SMILES string of the molecule is CN(C(=O)[C@H](Cc1cccc(C=NN)c1)Nc1ccc(-c2ccccc2S(N)(=O)=O)cc1Cl)S(C)(=O)=O. The first-order valence-corrected chi connectivity index (χ1v) is 14.6. The first kappa shape index (κ1) is 28.1. The zero-order chi connectivity index (χ0) is 27.4. The predicted octanol–water partition coefficient (Wildman–Crippen LogP) is 2.39. The maximum atomic E-state index is 13.2. The number of halogens is 1. The number of hydrogen-bond donors (Lipinski definition) is 3. The highest BCUT2D eigenvalue weighted by Gasteiger charge is 2.28. The van der Waals surface area contributed by atoms with E-state index in [1.54, 1.807) is 54.6 Å². The topological polar surface area (TPSA) is 165 Å². The van der Waals surface area contributed by atoms with Gasteiger partial charge in [0.25, 0.3) is 5.91 Å². The van der Waals surface area contributed by atoms with Gasteiger partial charge in [0.1, 0.15) is 6.04 Å². The highest BCUT2D eigenvalue weighted by Crippen LogP contribution is 2.32. The number of primary sulfonamides is 1. The van der Waals surface area contributed by atoms with Crippen LogP contribution in [0.2, 0.25) is 5.02 Å². The van der Waals surface area contributed by atoms with Crippen LogP contribution in [0.5, 0.6) is 0 Å². The van der Waals surface area contributed by atoms with Crippen LogP contribution in [0, 0.1) is 0 Å². The molecule has 0 saturated heterocycles. The fraction of sp³-hybridized carbons (Fsp3) is 0.167. The number of rotatable bonds is 9. The average molecular weight is 564 g/mol. The molecule has 0 aromatic heterocycles. The first-order valence-electron chi connectivity index (χ1n) is 10.8. The molecule has 0 unspecified atom stereocenters. The molecule has 0 radical (unpaired) electrons. The second kappa shape index (κ2) is 11.3. The Morgan fingerprint density at radius 1 is 1.08 bits per heavy atom. The van der Waals surface area contributed by atoms with Gasteiger partial charge in [0.05, 0.1) is 28.1 Å². The number of likely N-dealkylation sites (N-methyl/N-ethyl adjacent to an activating group) is 1. The van der Waals surface area contributed by atoms with Crippen LogP contribution in [0.25, 0.3) is 11.1 Å². The second-order valence-electron chi connectivity index (χ2n) is 8.23. The van der Waals surface area contributed by atoms with E-state index in [0.717, 1.165) is 11.8 Å². The van der Waals surface area contributed by atoms with E-state index in [-0.39, 0.29) is 16.3 Å². The van der Waals surface area contributed by atoms with Crippen LogP contribution in [0.15, 0.2) is 76.7 Å². The number of nitrogens with one attached hydrogen (secondary N) is 1. The van der Waals surface area contributed by atoms with Gasteiger partial charge < -0.3 is 11.2 Å². The van der Waals surface area contributed by atoms with E-state index in [1.165, 1.54) is 25.4 Å². The Labute approximate surface area is 221 Å². The van der Waals surface area contributed by atoms with Gasteiger partial charge in [-0.25, -0.2) is 26.3 Å². The lowest BCUT2D eigenvalue weighted by atomic mass is 10.0. The van der Waals surface area contributed by atoms with Crippen molar-refractivity contribution in [3.05, 3.63) is 82.9 Å². The highest BCUT2D eigenvalue weighted by atomic mass is 35.5. The maximum Gasteiger partial charge on any atom is 0.258 e. The standard InChI is InChI=1S/C24H26ClN5O5S2/c1-30(36(2,32)33)24(31)22(13-16-6-5-7-17(12-16)15-28-26)29-21-11-10-18(14-20(21)25)19-8-3-4-9-23(19)37(27,34)35/h3-12,14-15,22,29H,13,26H2,1-2H3,(H2,27,34,35)/t22-/m0/s1. The molecule has 0 spiro atoms. The van der Waals surface area contributed by atoms with Crippen LogP contribution in [0.1, 0.15) is 11.1 Å². The smallest absolute Gasteiger partial charge is 0.258 e. The van der Waals surface area contributed by atoms with Crippen molar-refractivity contribution >= 4 is 49.5 Å². The van der Waals surface area contributed by atoms with Crippen molar-refractivity contribution in [1.82, 2.24) is 4.31 Å². The summed E-state index contributed by atoms with van der Waals surface area (Å²) in [5.41, 5.74) is 2.63. The number of amides is 1. The number of hydrazone groups is 1. The molecule has 3 rings (SSSR count). The van der Waals surface area contributed by atoms with Crippen molar-refractivity contribution < 1.29 is 21.6 Å². The molecule has 3 aromatic rings. The summed E-state index contributed by atoms with van der Waals surface area (Å²) in [5.74, 6) is 4.53. The Balaban J connectivity index is 1.99. The molecular weight excluding hydrogens is 538 g/mol. The van der Waals surface area contributed by atoms with E-state index in [9.17, 15) is 21.6 Å². The van der Waals surface area contributed by atoms with Crippen LogP contribution in [-0.2, 0) is 31.3 Å². The molecule has 37 heavy (non-hydrogen) atoms. The molecule has 13 heteroatoms. The zero-order valence-electron chi connectivity index (χ0n) is 20.0. The summed E-state index contributed by atoms with van der Waals surface area (Å²) >= 11 is 6.52. The van der Waals surface area contributed by atoms with Gasteiger partial charge in [-0.05, 0) is 34.9 Å². The number of benzene rings is 3. The summed E-state index contributed by atoms with van der Waals surface area (Å²) in [6, 6.07) is 17.0. The van der Waals surface area contributed by atoms with Gasteiger partial charge in [-0.2, -0.15) is 5.10 Å². The number of sulfonamides is 2. The number of carbonyl (C=O) groups is 1. The summed E-state index contributed by atoms with van der Waals surface area (Å²) in [5, 5.41) is 12.1. The highest BCUT2D eigenvalue weighted by molar-refractivity contribution is 7.89. The number of anilines is 1. The van der Waals surface area contributed by atoms with Crippen LogP contribution >= 0.6 is 11.6 Å². The van der Waals surface area contributed by atoms with Crippen molar-refractivity contribution in [2.45, 2.75) is 17.4 Å². The summed E-state index contributed by atoms with van der Waals surface area (Å²) in [6.07, 6.45) is 2.51. The van der Waals surface area contributed by atoms with Crippen molar-refractivity contribution in [2.24, 2.45) is 16.1 Å². The quantitative estimate of drug-likeness (QED) is 0.204. The molecule has 0 aliphatic rings. The molecule has 1 amide bonds. The number of nitrogens with zero attached hydrogens (tertiary/aromatic N) is 2. The van der Waals surface area contributed by atoms with Gasteiger partial charge in [0.15, 0.2) is 0 Å². The molecule has 0 aliphatic heterocycles. The summed E-state index contributed by atoms with van der Waals surface area (Å²) in [4.78, 5) is 13.1. The molecule has 10 nitrogen and oxygen atoms in total. The summed E-state index contributed by atoms with van der Waals surface area (Å²) in [7, 11) is -6.62. The Bertz CT molecular complexity index is 1560. The predicted molar refractivity (Wildman–Crippen MR) is 145 cm³/mol. The Morgan fingerprint density at radius 2 is 1.78 bits per heavy atom. The normalized spacial score (nSPS) is 12.9. The number of carbonyl (C=O) groups excluding carboxylic acids is 1. The fourth-order valence-corrected chi connectivity index (χ4v) is 5.10. The van der Waals surface area contributed by atoms with Crippen LogP contribution in [0.3, 0.4) is 0 Å². The van der Waals surface area contributed by atoms with Gasteiger partial charge in [-0.3, -0.25) is 4.79 Å². The third kappa shape index (κ3) is 7.07. The van der Waals surface area contributed by atoms with Crippen molar-refractivity contribution in [1.29, 1.82) is 0 Å². The molecule has 5 N–H and O–H groups in total. The van der Waals surface area contributed by atoms with E-state index in [0.29, 0.717) is 26.7 Å². The van der Waals surface area contributed by atoms with Crippen molar-refractivity contribution in [2.75, 3.05) is 18.6 Å². The molecule has 0 aliphatic carbocycles. The first-order chi connectivity index (χ1) is 17.3. The van der Waals surface area contributed by atoms with Gasteiger partial charge in [0.2, 0.25) is 20.0 Å². The third-order valence-corrected chi connectivity index (χ3v) is 7.98. The monoisotopic (exact) mass is 563 g/mol. The van der Waals surface area contributed by atoms with Gasteiger partial charge in [0, 0.05) is 19.0 Å². The lowest BCUT2D eigenvalue weighted by Crippen LogP contribution is -2.44. The maximum absolute atomic E-state index is 13.2. The minimum Gasteiger partial charge on any atom is -0.372 e. The van der Waals surface area contributed by atoms with E-state index < -0.39 is 32.0 Å². The van der Waals surface area contributed by atoms with E-state index in [2.05, 4.69) is 10.4 Å². The molecule has 0 bridgehead atoms. The van der Waals surface area contributed by atoms with Gasteiger partial charge >= 0.3 is 0 Å². The van der Waals surface area contributed by atoms with E-state index in [1.807, 2.05) is 0 Å². The van der Waals surface area contributed by atoms with Crippen LogP contribution in [-0.4, -0.2) is 52.6 Å². The molecule has 3 aromatic carbocycles. The summed E-state index contributed by atoms with van der Waals surface area (Å²) < 4.78 is 48.8. The van der Waals surface area contributed by atoms with Crippen molar-refractivity contribution in [3.63, 3.8) is 0 Å². The third-order valence-electron chi connectivity index (χ3n) is 5.52. The minimum absolute atomic E-state index is 0.0597. The zero-order valence-corrected chi connectivity index (χ0v) is 22.4. The lowest BCUT2D eigenvalue weighted by Gasteiger charge is -2.25. The van der Waals surface area contributed by atoms with E-state index >= 15 is 0 Å². The Hall–Kier alpha value is -3.45. The van der Waals surface area contributed by atoms with Crippen LogP contribution < -0.4 is 16.3 Å². The molecule has 196 valence electrons. The largest absolute Gasteiger partial charge is 0.372 e. The molecule has 0 saturated carbocycles. The minimum atomic E-state index is -3.98. The number of nitrogens with two attached hydrogens (primary N) is 2. The average Bonchev–Trinajstić information content (AvgIpc) is 2.83.